The van der Waals surface area contributed by atoms with Gasteiger partial charge in [0.2, 0.25) is 0 Å². The number of carboxylic acids is 1. The number of carbonyl (C=O) groups is 4. The van der Waals surface area contributed by atoms with Crippen LogP contribution in [0, 0.1) is 0 Å². The topological polar surface area (TPSA) is 156 Å². The van der Waals surface area contributed by atoms with Gasteiger partial charge >= 0.3 is 24.4 Å². The van der Waals surface area contributed by atoms with E-state index in [2.05, 4.69) is 5.32 Å². The number of benzene rings is 1. The fourth-order valence-corrected chi connectivity index (χ4v) is 3.84. The molecule has 2 rings (SSSR count). The minimum absolute atomic E-state index is 0.0317. The van der Waals surface area contributed by atoms with Crippen molar-refractivity contribution >= 4 is 24.4 Å². The van der Waals surface area contributed by atoms with Crippen LogP contribution in [0.15, 0.2) is 18.2 Å². The van der Waals surface area contributed by atoms with Crippen molar-refractivity contribution in [3.05, 3.63) is 23.8 Å². The zero-order chi connectivity index (χ0) is 27.4. The molecule has 12 heteroatoms. The van der Waals surface area contributed by atoms with Gasteiger partial charge in [-0.2, -0.15) is 0 Å². The number of carbonyl (C=O) groups excluding carboxylic acids is 3. The van der Waals surface area contributed by atoms with Crippen molar-refractivity contribution in [2.75, 3.05) is 13.2 Å². The average Bonchev–Trinajstić information content (AvgIpc) is 2.81. The van der Waals surface area contributed by atoms with Crippen LogP contribution >= 0.6 is 0 Å². The molecule has 0 aromatic heterocycles. The Kier molecular flexibility index (Phi) is 11.4. The second-order valence-electron chi connectivity index (χ2n) is 8.69. The molecule has 1 saturated carbocycles. The monoisotopic (exact) mass is 525 g/mol. The van der Waals surface area contributed by atoms with Crippen LogP contribution in [0.1, 0.15) is 65.4 Å². The first-order valence-corrected chi connectivity index (χ1v) is 12.3. The number of hydrogen-bond acceptors (Lipinski definition) is 11. The van der Waals surface area contributed by atoms with Crippen molar-refractivity contribution in [3.63, 3.8) is 0 Å². The standard InChI is InChI=1S/C25H35NO11/c1-5-32-22(29)35-19-13-12-17(14-20(19)36-23(30)33-6-2)15-25(21(27)28,26-16(3)4)37-24(31)34-18-10-8-7-9-11-18/h12-14,16,18,26H,5-11,15H2,1-4H3,(H,27,28)/t25-/m0/s1. The molecule has 0 saturated heterocycles. The van der Waals surface area contributed by atoms with Gasteiger partial charge in [-0.25, -0.2) is 19.2 Å². The SMILES string of the molecule is CCOC(=O)Oc1ccc(C[C@](NC(C)C)(OC(=O)OC2CCCCC2)C(=O)O)cc1OC(=O)OCC. The van der Waals surface area contributed by atoms with Gasteiger partial charge in [0.05, 0.1) is 13.2 Å². The van der Waals surface area contributed by atoms with E-state index in [1.807, 2.05) is 0 Å². The summed E-state index contributed by atoms with van der Waals surface area (Å²) in [5.41, 5.74) is -1.93. The predicted molar refractivity (Wildman–Crippen MR) is 129 cm³/mol. The van der Waals surface area contributed by atoms with Crippen LogP contribution in [0.4, 0.5) is 14.4 Å². The lowest BCUT2D eigenvalue weighted by atomic mass is 9.98. The second kappa shape index (κ2) is 14.3. The summed E-state index contributed by atoms with van der Waals surface area (Å²) in [6.45, 7) is 6.65. The van der Waals surface area contributed by atoms with Crippen LogP contribution in [-0.2, 0) is 30.2 Å². The minimum Gasteiger partial charge on any atom is -0.477 e. The first-order chi connectivity index (χ1) is 17.6. The highest BCUT2D eigenvalue weighted by Crippen LogP contribution is 2.32. The molecule has 2 N–H and O–H groups in total. The van der Waals surface area contributed by atoms with Gasteiger partial charge in [-0.1, -0.05) is 12.5 Å². The maximum absolute atomic E-state index is 12.6. The Bertz CT molecular complexity index is 943. The Balaban J connectivity index is 2.35. The molecule has 1 aromatic carbocycles. The molecular formula is C25H35NO11. The zero-order valence-electron chi connectivity index (χ0n) is 21.6. The lowest BCUT2D eigenvalue weighted by molar-refractivity contribution is -0.168. The molecule has 1 fully saturated rings. The van der Waals surface area contributed by atoms with E-state index in [1.165, 1.54) is 18.2 Å². The number of aliphatic carboxylic acids is 1. The van der Waals surface area contributed by atoms with Crippen molar-refractivity contribution in [3.8, 4) is 11.5 Å². The first-order valence-electron chi connectivity index (χ1n) is 12.3. The molecule has 0 heterocycles. The molecule has 0 aliphatic heterocycles. The van der Waals surface area contributed by atoms with Crippen LogP contribution < -0.4 is 14.8 Å². The molecule has 1 aliphatic rings. The lowest BCUT2D eigenvalue weighted by Gasteiger charge is -2.32. The van der Waals surface area contributed by atoms with E-state index in [-0.39, 0.29) is 42.8 Å². The van der Waals surface area contributed by atoms with Crippen LogP contribution in [-0.4, -0.2) is 60.6 Å². The highest BCUT2D eigenvalue weighted by Gasteiger charge is 2.45. The van der Waals surface area contributed by atoms with E-state index in [4.69, 9.17) is 28.4 Å². The zero-order valence-corrected chi connectivity index (χ0v) is 21.6. The van der Waals surface area contributed by atoms with Crippen molar-refractivity contribution < 1.29 is 52.7 Å². The third-order valence-electron chi connectivity index (χ3n) is 5.31. The Morgan fingerprint density at radius 3 is 2.08 bits per heavy atom. The van der Waals surface area contributed by atoms with Crippen LogP contribution in [0.3, 0.4) is 0 Å². The molecule has 0 radical (unpaired) electrons. The summed E-state index contributed by atoms with van der Waals surface area (Å²) >= 11 is 0. The number of carboxylic acid groups (broad SMARTS) is 1. The minimum atomic E-state index is -2.20. The number of rotatable bonds is 11. The number of nitrogens with one attached hydrogen (secondary N) is 1. The summed E-state index contributed by atoms with van der Waals surface area (Å²) in [4.78, 5) is 48.8. The highest BCUT2D eigenvalue weighted by atomic mass is 16.8. The summed E-state index contributed by atoms with van der Waals surface area (Å²) in [7, 11) is 0. The molecule has 1 atom stereocenters. The van der Waals surface area contributed by atoms with E-state index >= 15 is 0 Å². The average molecular weight is 526 g/mol. The van der Waals surface area contributed by atoms with Gasteiger partial charge in [0.15, 0.2) is 11.5 Å². The summed E-state index contributed by atoms with van der Waals surface area (Å²) < 4.78 is 30.5. The molecule has 1 aromatic rings. The van der Waals surface area contributed by atoms with Crippen LogP contribution in [0.5, 0.6) is 11.5 Å². The van der Waals surface area contributed by atoms with E-state index < -0.39 is 36.2 Å². The van der Waals surface area contributed by atoms with E-state index in [0.29, 0.717) is 12.8 Å². The number of hydrogen-bond donors (Lipinski definition) is 2. The van der Waals surface area contributed by atoms with Gasteiger partial charge in [-0.15, -0.1) is 0 Å². The maximum atomic E-state index is 12.6. The van der Waals surface area contributed by atoms with Crippen molar-refractivity contribution in [1.82, 2.24) is 5.32 Å². The van der Waals surface area contributed by atoms with E-state index in [9.17, 15) is 24.3 Å². The third-order valence-corrected chi connectivity index (χ3v) is 5.31. The molecule has 0 bridgehead atoms. The first kappa shape index (κ1) is 29.7. The summed E-state index contributed by atoms with van der Waals surface area (Å²) in [5.74, 6) is -1.84. The Labute approximate surface area is 215 Å². The molecule has 0 spiro atoms. The van der Waals surface area contributed by atoms with Crippen LogP contribution in [0.2, 0.25) is 0 Å². The van der Waals surface area contributed by atoms with Gasteiger partial charge in [-0.05, 0) is 71.1 Å². The van der Waals surface area contributed by atoms with Crippen molar-refractivity contribution in [2.24, 2.45) is 0 Å². The molecule has 37 heavy (non-hydrogen) atoms. The van der Waals surface area contributed by atoms with Gasteiger partial charge in [0, 0.05) is 12.5 Å². The summed E-state index contributed by atoms with van der Waals surface area (Å²) in [6, 6.07) is 3.60. The highest BCUT2D eigenvalue weighted by molar-refractivity contribution is 5.80. The predicted octanol–water partition coefficient (Wildman–Crippen LogP) is 4.56. The molecular weight excluding hydrogens is 490 g/mol. The van der Waals surface area contributed by atoms with E-state index in [1.54, 1.807) is 27.7 Å². The van der Waals surface area contributed by atoms with Gasteiger partial charge in [0.25, 0.3) is 5.72 Å². The maximum Gasteiger partial charge on any atom is 0.513 e. The lowest BCUT2D eigenvalue weighted by Crippen LogP contribution is -2.59. The quantitative estimate of drug-likeness (QED) is 0.180. The summed E-state index contributed by atoms with van der Waals surface area (Å²) in [6.07, 6.45) is 0.333. The molecule has 1 aliphatic carbocycles. The van der Waals surface area contributed by atoms with Gasteiger partial charge in [0.1, 0.15) is 6.10 Å². The Hall–Kier alpha value is -3.54. The number of ether oxygens (including phenoxy) is 6. The molecule has 0 amide bonds. The van der Waals surface area contributed by atoms with Crippen molar-refractivity contribution in [2.45, 2.75) is 84.1 Å². The summed E-state index contributed by atoms with van der Waals surface area (Å²) in [5, 5.41) is 12.9. The van der Waals surface area contributed by atoms with Crippen LogP contribution in [0.25, 0.3) is 0 Å². The fraction of sp³-hybridized carbons (Fsp3) is 0.600. The third kappa shape index (κ3) is 9.45. The molecule has 206 valence electrons. The largest absolute Gasteiger partial charge is 0.513 e. The molecule has 12 nitrogen and oxygen atoms in total. The van der Waals surface area contributed by atoms with Gasteiger partial charge < -0.3 is 33.5 Å². The Morgan fingerprint density at radius 2 is 1.54 bits per heavy atom. The fourth-order valence-electron chi connectivity index (χ4n) is 3.84. The molecule has 0 unspecified atom stereocenters. The Morgan fingerprint density at radius 1 is 0.946 bits per heavy atom. The van der Waals surface area contributed by atoms with Crippen molar-refractivity contribution in [1.29, 1.82) is 0 Å². The smallest absolute Gasteiger partial charge is 0.477 e. The normalized spacial score (nSPS) is 15.3. The van der Waals surface area contributed by atoms with Gasteiger partial charge in [-0.3, -0.25) is 5.32 Å². The second-order valence-corrected chi connectivity index (χ2v) is 8.69. The van der Waals surface area contributed by atoms with E-state index in [0.717, 1.165) is 19.3 Å².